The summed E-state index contributed by atoms with van der Waals surface area (Å²) in [7, 11) is 1.94. The highest BCUT2D eigenvalue weighted by Gasteiger charge is 2.46. The van der Waals surface area contributed by atoms with Gasteiger partial charge < -0.3 is 29.9 Å². The summed E-state index contributed by atoms with van der Waals surface area (Å²) in [5, 5.41) is 23.8. The first-order valence-electron chi connectivity index (χ1n) is 25.7. The van der Waals surface area contributed by atoms with Crippen LogP contribution in [0.2, 0.25) is 0 Å². The number of piperidine rings is 3. The number of aromatic nitrogens is 5. The maximum Gasteiger partial charge on any atom is 0.319 e. The second kappa shape index (κ2) is 18.4. The molecule has 1 aliphatic carbocycles. The van der Waals surface area contributed by atoms with Gasteiger partial charge in [0.05, 0.1) is 34.7 Å². The molecule has 2 bridgehead atoms. The number of imide groups is 1. The van der Waals surface area contributed by atoms with Crippen LogP contribution in [0.5, 0.6) is 11.8 Å². The Morgan fingerprint density at radius 3 is 2.44 bits per heavy atom. The van der Waals surface area contributed by atoms with Crippen molar-refractivity contribution in [3.05, 3.63) is 77.1 Å². The summed E-state index contributed by atoms with van der Waals surface area (Å²) >= 11 is 0. The fourth-order valence-corrected chi connectivity index (χ4v) is 12.5. The standard InChI is InChI=1S/C55H60F2N10O4/c1-3-39-44(56)10-5-35-24-38(68)26-42(47(35)39)50-48(57)51-43(27-58-50)52(67-28-36-6-7-37(29-67)59-36)62-54(61-51)71-31-55(17-18-55)30-66-20-13-32(14-21-66)12-19-65-22-15-33(16-23-65)34-4-8-40-45(25-34)64(2)63-49(40)41-9-11-46(69)60-53(41)70/h1,4-5,8,10,24-27,32-33,36-37,41,59,68H,6-7,9,11-23,28-31H2,2H3,(H,60,69,70). The third kappa shape index (κ3) is 8.84. The van der Waals surface area contributed by atoms with E-state index in [1.807, 2.05) is 11.7 Å². The minimum atomic E-state index is -0.717. The third-order valence-corrected chi connectivity index (χ3v) is 16.7. The number of nitrogens with zero attached hydrogens (tertiary/aromatic N) is 8. The van der Waals surface area contributed by atoms with Crippen molar-refractivity contribution in [3.63, 3.8) is 0 Å². The van der Waals surface area contributed by atoms with Crippen molar-refractivity contribution in [1.82, 2.24) is 45.2 Å². The topological polar surface area (TPSA) is 154 Å². The lowest BCUT2D eigenvalue weighted by Crippen LogP contribution is -2.51. The quantitative estimate of drug-likeness (QED) is 0.0834. The average molecular weight is 963 g/mol. The van der Waals surface area contributed by atoms with Crippen molar-refractivity contribution >= 4 is 50.2 Å². The van der Waals surface area contributed by atoms with Crippen LogP contribution in [0.15, 0.2) is 48.7 Å². The molecule has 1 saturated carbocycles. The molecular formula is C55H60F2N10O4. The van der Waals surface area contributed by atoms with E-state index >= 15 is 8.78 Å². The number of benzene rings is 3. The Labute approximate surface area is 411 Å². The maximum absolute atomic E-state index is 17.1. The van der Waals surface area contributed by atoms with Gasteiger partial charge in [-0.3, -0.25) is 24.6 Å². The third-order valence-electron chi connectivity index (χ3n) is 16.7. The molecule has 5 aliphatic heterocycles. The molecule has 3 aromatic carbocycles. The second-order valence-electron chi connectivity index (χ2n) is 21.4. The fraction of sp³-hybridized carbons (Fsp3) is 0.491. The highest BCUT2D eigenvalue weighted by molar-refractivity contribution is 6.04. The monoisotopic (exact) mass is 962 g/mol. The predicted octanol–water partition coefficient (Wildman–Crippen LogP) is 7.30. The van der Waals surface area contributed by atoms with E-state index in [0.717, 1.165) is 107 Å². The molecule has 12 rings (SSSR count). The van der Waals surface area contributed by atoms with E-state index in [1.54, 1.807) is 6.20 Å². The lowest BCUT2D eigenvalue weighted by molar-refractivity contribution is -0.134. The molecule has 16 heteroatoms. The summed E-state index contributed by atoms with van der Waals surface area (Å²) < 4.78 is 40.6. The number of phenols is 1. The van der Waals surface area contributed by atoms with E-state index < -0.39 is 17.6 Å². The number of terminal acetylenes is 1. The van der Waals surface area contributed by atoms with Crippen molar-refractivity contribution in [1.29, 1.82) is 0 Å². The highest BCUT2D eigenvalue weighted by atomic mass is 19.1. The van der Waals surface area contributed by atoms with Crippen LogP contribution in [-0.2, 0) is 16.6 Å². The number of fused-ring (bicyclic) bond motifs is 5. The molecule has 6 fully saturated rings. The number of rotatable bonds is 12. The summed E-state index contributed by atoms with van der Waals surface area (Å²) in [5.41, 5.74) is 3.22. The molecule has 6 aliphatic rings. The van der Waals surface area contributed by atoms with E-state index in [4.69, 9.17) is 26.2 Å². The molecule has 14 nitrogen and oxygen atoms in total. The number of halogens is 2. The van der Waals surface area contributed by atoms with Crippen LogP contribution in [0.3, 0.4) is 0 Å². The normalized spacial score (nSPS) is 23.2. The van der Waals surface area contributed by atoms with Crippen LogP contribution < -0.4 is 20.3 Å². The van der Waals surface area contributed by atoms with Gasteiger partial charge in [-0.1, -0.05) is 24.1 Å². The van der Waals surface area contributed by atoms with E-state index in [-0.39, 0.29) is 51.3 Å². The number of aryl methyl sites for hydroxylation is 1. The van der Waals surface area contributed by atoms with Crippen LogP contribution in [0, 0.1) is 35.3 Å². The number of likely N-dealkylation sites (tertiary alicyclic amines) is 2. The minimum Gasteiger partial charge on any atom is -0.508 e. The van der Waals surface area contributed by atoms with Crippen LogP contribution in [0.1, 0.15) is 99.3 Å². The van der Waals surface area contributed by atoms with Gasteiger partial charge in [-0.05, 0) is 144 Å². The minimum absolute atomic E-state index is 0.0148. The van der Waals surface area contributed by atoms with E-state index in [2.05, 4.69) is 54.4 Å². The average Bonchev–Trinajstić information content (AvgIpc) is 3.95. The Hall–Kier alpha value is -6.28. The summed E-state index contributed by atoms with van der Waals surface area (Å²) in [5.74, 6) is 1.87. The number of amides is 2. The van der Waals surface area contributed by atoms with Gasteiger partial charge in [-0.25, -0.2) is 8.78 Å². The number of aromatic hydroxyl groups is 1. The summed E-state index contributed by atoms with van der Waals surface area (Å²) in [6, 6.07) is 12.9. The molecule has 3 N–H and O–H groups in total. The summed E-state index contributed by atoms with van der Waals surface area (Å²) in [6.07, 6.45) is 18.2. The number of phenolic OH excluding ortho intramolecular Hbond substituents is 1. The van der Waals surface area contributed by atoms with Crippen LogP contribution in [0.4, 0.5) is 14.6 Å². The van der Waals surface area contributed by atoms with Crippen molar-refractivity contribution in [3.8, 4) is 35.4 Å². The molecular weight excluding hydrogens is 903 g/mol. The number of hydrogen-bond acceptors (Lipinski definition) is 12. The zero-order valence-corrected chi connectivity index (χ0v) is 40.2. The number of nitrogens with one attached hydrogen (secondary N) is 2. The van der Waals surface area contributed by atoms with Crippen molar-refractivity contribution < 1.29 is 28.2 Å². The van der Waals surface area contributed by atoms with Gasteiger partial charge in [0, 0.05) is 73.1 Å². The van der Waals surface area contributed by atoms with Crippen molar-refractivity contribution in [2.75, 3.05) is 63.9 Å². The number of ether oxygens (including phenoxy) is 1. The first kappa shape index (κ1) is 45.8. The molecule has 6 aromatic rings. The van der Waals surface area contributed by atoms with Crippen LogP contribution in [-0.4, -0.2) is 123 Å². The Morgan fingerprint density at radius 1 is 0.915 bits per heavy atom. The Morgan fingerprint density at radius 2 is 1.69 bits per heavy atom. The number of carbonyl (C=O) groups is 2. The number of hydrogen-bond donors (Lipinski definition) is 3. The molecule has 0 spiro atoms. The SMILES string of the molecule is C#Cc1c(F)ccc2cc(O)cc(-c3ncc4c(N5CC6CCC(C5)N6)nc(OCC5(CN6CCC(CCN7CCC(c8ccc9c(C%10CCC(=O)NC%10=O)nn(C)c9c8)CC7)CC6)CC5)nc4c3F)c12. The lowest BCUT2D eigenvalue weighted by Gasteiger charge is -2.36. The van der Waals surface area contributed by atoms with Crippen LogP contribution in [0.25, 0.3) is 43.8 Å². The highest BCUT2D eigenvalue weighted by Crippen LogP contribution is 2.47. The van der Waals surface area contributed by atoms with Gasteiger partial charge in [-0.2, -0.15) is 15.1 Å². The smallest absolute Gasteiger partial charge is 0.319 e. The second-order valence-corrected chi connectivity index (χ2v) is 21.4. The van der Waals surface area contributed by atoms with Gasteiger partial charge in [0.25, 0.3) is 0 Å². The predicted molar refractivity (Wildman–Crippen MR) is 267 cm³/mol. The van der Waals surface area contributed by atoms with E-state index in [0.29, 0.717) is 65.3 Å². The van der Waals surface area contributed by atoms with Gasteiger partial charge in [0.15, 0.2) is 5.82 Å². The number of piperazine rings is 1. The van der Waals surface area contributed by atoms with Gasteiger partial charge >= 0.3 is 6.01 Å². The Balaban J connectivity index is 0.674. The van der Waals surface area contributed by atoms with Gasteiger partial charge in [-0.15, -0.1) is 6.42 Å². The Kier molecular flexibility index (Phi) is 11.9. The Bertz CT molecular complexity index is 3120. The summed E-state index contributed by atoms with van der Waals surface area (Å²) in [4.78, 5) is 46.1. The molecule has 3 unspecified atom stereocenters. The molecule has 8 heterocycles. The first-order valence-corrected chi connectivity index (χ1v) is 25.7. The molecule has 2 amide bonds. The molecule has 5 saturated heterocycles. The number of carbonyl (C=O) groups excluding carboxylic acids is 2. The first-order chi connectivity index (χ1) is 34.5. The zero-order valence-electron chi connectivity index (χ0n) is 40.2. The van der Waals surface area contributed by atoms with Crippen molar-refractivity contribution in [2.24, 2.45) is 18.4 Å². The van der Waals surface area contributed by atoms with E-state index in [1.165, 1.54) is 49.1 Å². The van der Waals surface area contributed by atoms with Crippen LogP contribution >= 0.6 is 0 Å². The molecule has 71 heavy (non-hydrogen) atoms. The largest absolute Gasteiger partial charge is 0.508 e. The number of anilines is 1. The molecule has 0 radical (unpaired) electrons. The lowest BCUT2D eigenvalue weighted by atomic mass is 9.87. The maximum atomic E-state index is 17.1. The number of pyridine rings is 1. The van der Waals surface area contributed by atoms with Gasteiger partial charge in [0.2, 0.25) is 11.8 Å². The van der Waals surface area contributed by atoms with Crippen molar-refractivity contribution in [2.45, 2.75) is 94.5 Å². The van der Waals surface area contributed by atoms with Gasteiger partial charge in [0.1, 0.15) is 28.6 Å². The zero-order chi connectivity index (χ0) is 48.5. The fourth-order valence-electron chi connectivity index (χ4n) is 12.5. The molecule has 3 atom stereocenters. The molecule has 3 aromatic heterocycles. The summed E-state index contributed by atoms with van der Waals surface area (Å²) in [6.45, 7) is 8.24. The molecule has 368 valence electrons. The van der Waals surface area contributed by atoms with E-state index in [9.17, 15) is 14.7 Å².